The second-order valence-corrected chi connectivity index (χ2v) is 6.72. The van der Waals surface area contributed by atoms with Gasteiger partial charge in [0.05, 0.1) is 0 Å². The van der Waals surface area contributed by atoms with Crippen molar-refractivity contribution >= 4 is 11.9 Å². The first kappa shape index (κ1) is 22.7. The van der Waals surface area contributed by atoms with E-state index in [1.165, 1.54) is 32.1 Å². The van der Waals surface area contributed by atoms with Crippen LogP contribution in [0.4, 0.5) is 4.79 Å². The molecule has 6 nitrogen and oxygen atoms in total. The van der Waals surface area contributed by atoms with Crippen molar-refractivity contribution in [3.63, 3.8) is 0 Å². The number of hydrogen-bond donors (Lipinski definition) is 3. The molecule has 24 heavy (non-hydrogen) atoms. The van der Waals surface area contributed by atoms with Crippen LogP contribution in [0.3, 0.4) is 0 Å². The van der Waals surface area contributed by atoms with Gasteiger partial charge in [-0.2, -0.15) is 0 Å². The molecule has 6 heteroatoms. The summed E-state index contributed by atoms with van der Waals surface area (Å²) >= 11 is 0. The van der Waals surface area contributed by atoms with Crippen LogP contribution in [0, 0.1) is 5.92 Å². The van der Waals surface area contributed by atoms with E-state index in [-0.39, 0.29) is 5.91 Å². The summed E-state index contributed by atoms with van der Waals surface area (Å²) < 4.78 is 5.57. The number of carbonyl (C=O) groups excluding carboxylic acids is 2. The lowest BCUT2D eigenvalue weighted by molar-refractivity contribution is -0.123. The quantitative estimate of drug-likeness (QED) is 0.399. The molecular weight excluding hydrogens is 306 g/mol. The number of primary amides is 1. The van der Waals surface area contributed by atoms with Crippen molar-refractivity contribution < 1.29 is 14.3 Å². The summed E-state index contributed by atoms with van der Waals surface area (Å²) in [6.07, 6.45) is 8.88. The van der Waals surface area contributed by atoms with E-state index in [0.717, 1.165) is 19.4 Å². The third-order valence-corrected chi connectivity index (χ3v) is 3.75. The molecule has 0 spiro atoms. The van der Waals surface area contributed by atoms with Crippen LogP contribution in [-0.2, 0) is 9.53 Å². The maximum Gasteiger partial charge on any atom is 0.312 e. The summed E-state index contributed by atoms with van der Waals surface area (Å²) in [4.78, 5) is 23.0. The van der Waals surface area contributed by atoms with Crippen LogP contribution in [0.2, 0.25) is 0 Å². The van der Waals surface area contributed by atoms with E-state index < -0.39 is 12.1 Å². The Labute approximate surface area is 147 Å². The van der Waals surface area contributed by atoms with Crippen LogP contribution in [0.25, 0.3) is 0 Å². The van der Waals surface area contributed by atoms with Crippen LogP contribution in [-0.4, -0.2) is 37.7 Å². The maximum absolute atomic E-state index is 12.1. The zero-order chi connectivity index (χ0) is 18.2. The number of urea groups is 1. The maximum atomic E-state index is 12.1. The average molecular weight is 344 g/mol. The molecule has 0 bridgehead atoms. The Bertz CT molecular complexity index is 335. The Morgan fingerprint density at radius 1 is 1.00 bits per heavy atom. The fourth-order valence-corrected chi connectivity index (χ4v) is 2.47. The third kappa shape index (κ3) is 14.3. The summed E-state index contributed by atoms with van der Waals surface area (Å²) in [6.45, 7) is 8.20. The van der Waals surface area contributed by atoms with Gasteiger partial charge in [0.25, 0.3) is 0 Å². The number of hydrogen-bond acceptors (Lipinski definition) is 3. The molecule has 0 aromatic heterocycles. The summed E-state index contributed by atoms with van der Waals surface area (Å²) in [5, 5.41) is 5.33. The summed E-state index contributed by atoms with van der Waals surface area (Å²) in [7, 11) is 0. The van der Waals surface area contributed by atoms with Gasteiger partial charge < -0.3 is 21.1 Å². The molecule has 0 fully saturated rings. The molecular formula is C18H37N3O3. The van der Waals surface area contributed by atoms with Gasteiger partial charge in [0, 0.05) is 19.8 Å². The highest BCUT2D eigenvalue weighted by Gasteiger charge is 2.20. The summed E-state index contributed by atoms with van der Waals surface area (Å²) in [5.41, 5.74) is 5.12. The van der Waals surface area contributed by atoms with Crippen LogP contribution in [0.5, 0.6) is 0 Å². The largest absolute Gasteiger partial charge is 0.381 e. The SMILES string of the molecule is CCCCCCCCOCCCNC(=O)C(CC(C)C)NC(N)=O. The third-order valence-electron chi connectivity index (χ3n) is 3.75. The fraction of sp³-hybridized carbons (Fsp3) is 0.889. The summed E-state index contributed by atoms with van der Waals surface area (Å²) in [5.74, 6) is 0.117. The van der Waals surface area contributed by atoms with Gasteiger partial charge >= 0.3 is 6.03 Å². The molecule has 142 valence electrons. The van der Waals surface area contributed by atoms with E-state index >= 15 is 0 Å². The van der Waals surface area contributed by atoms with Gasteiger partial charge in [0.15, 0.2) is 0 Å². The monoisotopic (exact) mass is 343 g/mol. The zero-order valence-corrected chi connectivity index (χ0v) is 15.7. The number of rotatable bonds is 15. The normalized spacial score (nSPS) is 12.2. The Kier molecular flexibility index (Phi) is 14.4. The molecule has 1 atom stereocenters. The topological polar surface area (TPSA) is 93.4 Å². The Morgan fingerprint density at radius 3 is 2.25 bits per heavy atom. The lowest BCUT2D eigenvalue weighted by atomic mass is 10.0. The van der Waals surface area contributed by atoms with E-state index in [2.05, 4.69) is 17.6 Å². The van der Waals surface area contributed by atoms with Gasteiger partial charge in [0.2, 0.25) is 5.91 Å². The van der Waals surface area contributed by atoms with Gasteiger partial charge in [-0.3, -0.25) is 4.79 Å². The van der Waals surface area contributed by atoms with E-state index in [4.69, 9.17) is 10.5 Å². The minimum absolute atomic E-state index is 0.182. The Morgan fingerprint density at radius 2 is 1.62 bits per heavy atom. The lowest BCUT2D eigenvalue weighted by Crippen LogP contribution is -2.49. The van der Waals surface area contributed by atoms with Crippen molar-refractivity contribution in [1.29, 1.82) is 0 Å². The molecule has 0 aromatic carbocycles. The second-order valence-electron chi connectivity index (χ2n) is 6.72. The van der Waals surface area contributed by atoms with Crippen molar-refractivity contribution in [2.75, 3.05) is 19.8 Å². The standard InChI is InChI=1S/C18H37N3O3/c1-4-5-6-7-8-9-12-24-13-10-11-20-17(22)16(14-15(2)3)21-18(19)23/h15-16H,4-14H2,1-3H3,(H,20,22)(H3,19,21,23). The first-order chi connectivity index (χ1) is 11.5. The first-order valence-electron chi connectivity index (χ1n) is 9.38. The lowest BCUT2D eigenvalue weighted by Gasteiger charge is -2.19. The zero-order valence-electron chi connectivity index (χ0n) is 15.7. The van der Waals surface area contributed by atoms with Gasteiger partial charge in [-0.25, -0.2) is 4.79 Å². The molecule has 0 radical (unpaired) electrons. The van der Waals surface area contributed by atoms with Crippen LogP contribution in [0.1, 0.15) is 72.1 Å². The molecule has 4 N–H and O–H groups in total. The van der Waals surface area contributed by atoms with E-state index in [1.807, 2.05) is 13.8 Å². The van der Waals surface area contributed by atoms with Gasteiger partial charge in [-0.1, -0.05) is 52.9 Å². The van der Waals surface area contributed by atoms with E-state index in [0.29, 0.717) is 25.5 Å². The first-order valence-corrected chi connectivity index (χ1v) is 9.38. The van der Waals surface area contributed by atoms with E-state index in [9.17, 15) is 9.59 Å². The Balaban J connectivity index is 3.63. The molecule has 3 amide bonds. The molecule has 1 unspecified atom stereocenters. The predicted octanol–water partition coefficient (Wildman–Crippen LogP) is 2.95. The molecule has 0 aliphatic carbocycles. The molecule has 0 aliphatic rings. The number of nitrogens with two attached hydrogens (primary N) is 1. The van der Waals surface area contributed by atoms with Crippen molar-refractivity contribution in [3.8, 4) is 0 Å². The van der Waals surface area contributed by atoms with Crippen LogP contribution >= 0.6 is 0 Å². The fourth-order valence-electron chi connectivity index (χ4n) is 2.47. The number of amides is 3. The van der Waals surface area contributed by atoms with Crippen molar-refractivity contribution in [2.24, 2.45) is 11.7 Å². The second kappa shape index (κ2) is 15.2. The van der Waals surface area contributed by atoms with Gasteiger partial charge in [-0.15, -0.1) is 0 Å². The highest BCUT2D eigenvalue weighted by molar-refractivity contribution is 5.86. The Hall–Kier alpha value is -1.30. The predicted molar refractivity (Wildman–Crippen MR) is 97.8 cm³/mol. The summed E-state index contributed by atoms with van der Waals surface area (Å²) in [6, 6.07) is -1.23. The van der Waals surface area contributed by atoms with Crippen molar-refractivity contribution in [2.45, 2.75) is 78.2 Å². The van der Waals surface area contributed by atoms with Crippen LogP contribution < -0.4 is 16.4 Å². The molecule has 0 rings (SSSR count). The molecule has 0 heterocycles. The van der Waals surface area contributed by atoms with Crippen molar-refractivity contribution in [3.05, 3.63) is 0 Å². The smallest absolute Gasteiger partial charge is 0.312 e. The number of unbranched alkanes of at least 4 members (excludes halogenated alkanes) is 5. The minimum Gasteiger partial charge on any atom is -0.381 e. The molecule has 0 saturated carbocycles. The van der Waals surface area contributed by atoms with E-state index in [1.54, 1.807) is 0 Å². The van der Waals surface area contributed by atoms with Crippen molar-refractivity contribution in [1.82, 2.24) is 10.6 Å². The number of ether oxygens (including phenoxy) is 1. The van der Waals surface area contributed by atoms with Gasteiger partial charge in [-0.05, 0) is 25.2 Å². The average Bonchev–Trinajstić information content (AvgIpc) is 2.50. The molecule has 0 aliphatic heterocycles. The highest BCUT2D eigenvalue weighted by atomic mass is 16.5. The molecule has 0 aromatic rings. The van der Waals surface area contributed by atoms with Crippen LogP contribution in [0.15, 0.2) is 0 Å². The number of carbonyl (C=O) groups is 2. The number of nitrogens with one attached hydrogen (secondary N) is 2. The van der Waals surface area contributed by atoms with Gasteiger partial charge in [0.1, 0.15) is 6.04 Å². The highest BCUT2D eigenvalue weighted by Crippen LogP contribution is 2.06. The molecule has 0 saturated heterocycles. The minimum atomic E-state index is -0.668.